The molecule has 0 heterocycles. The highest BCUT2D eigenvalue weighted by Crippen LogP contribution is 2.25. The molecule has 2 N–H and O–H groups in total. The summed E-state index contributed by atoms with van der Waals surface area (Å²) < 4.78 is 0.853. The summed E-state index contributed by atoms with van der Waals surface area (Å²) in [6.07, 6.45) is 5.95. The molecule has 1 aliphatic carbocycles. The van der Waals surface area contributed by atoms with Crippen molar-refractivity contribution in [3.63, 3.8) is 0 Å². The van der Waals surface area contributed by atoms with Gasteiger partial charge in [0.25, 0.3) is 0 Å². The van der Waals surface area contributed by atoms with Gasteiger partial charge in [-0.1, -0.05) is 30.9 Å². The molecule has 1 saturated carbocycles. The summed E-state index contributed by atoms with van der Waals surface area (Å²) >= 11 is 9.33. The lowest BCUT2D eigenvalue weighted by Crippen LogP contribution is -2.39. The molecule has 104 valence electrons. The summed E-state index contributed by atoms with van der Waals surface area (Å²) in [5.41, 5.74) is 0.854. The Hall–Kier alpha value is -0.740. The van der Waals surface area contributed by atoms with Gasteiger partial charge in [-0.05, 0) is 47.0 Å². The molecule has 0 radical (unpaired) electrons. The van der Waals surface area contributed by atoms with Crippen LogP contribution in [0.25, 0.3) is 0 Å². The van der Waals surface area contributed by atoms with Gasteiger partial charge in [0.05, 0.1) is 11.6 Å². The van der Waals surface area contributed by atoms with E-state index >= 15 is 0 Å². The number of hydrogen-bond donors (Lipinski definition) is 2. The van der Waals surface area contributed by atoms with Gasteiger partial charge in [0, 0.05) is 16.2 Å². The smallest absolute Gasteiger partial charge is 0.239 e. The molecule has 5 heteroatoms. The largest absolute Gasteiger partial charge is 0.376 e. The van der Waals surface area contributed by atoms with Gasteiger partial charge in [0.15, 0.2) is 0 Å². The van der Waals surface area contributed by atoms with Crippen LogP contribution in [0.4, 0.5) is 5.69 Å². The van der Waals surface area contributed by atoms with Crippen LogP contribution in [0, 0.1) is 0 Å². The second-order valence-electron chi connectivity index (χ2n) is 4.88. The molecule has 1 amide bonds. The molecule has 3 nitrogen and oxygen atoms in total. The number of halogens is 2. The van der Waals surface area contributed by atoms with E-state index in [1.54, 1.807) is 6.07 Å². The van der Waals surface area contributed by atoms with Crippen molar-refractivity contribution >= 4 is 39.1 Å². The van der Waals surface area contributed by atoms with Crippen molar-refractivity contribution in [2.75, 3.05) is 11.9 Å². The van der Waals surface area contributed by atoms with E-state index in [9.17, 15) is 4.79 Å². The average molecular weight is 346 g/mol. The van der Waals surface area contributed by atoms with Gasteiger partial charge < -0.3 is 10.6 Å². The topological polar surface area (TPSA) is 41.1 Å². The van der Waals surface area contributed by atoms with Crippen LogP contribution in [0.2, 0.25) is 5.02 Å². The zero-order valence-corrected chi connectivity index (χ0v) is 13.1. The minimum atomic E-state index is 0.0472. The molecule has 0 aliphatic heterocycles. The van der Waals surface area contributed by atoms with Gasteiger partial charge in [-0.25, -0.2) is 0 Å². The van der Waals surface area contributed by atoms with Gasteiger partial charge in [0.1, 0.15) is 0 Å². The van der Waals surface area contributed by atoms with Gasteiger partial charge >= 0.3 is 0 Å². The summed E-state index contributed by atoms with van der Waals surface area (Å²) in [6, 6.07) is 5.92. The van der Waals surface area contributed by atoms with E-state index in [0.29, 0.717) is 11.1 Å². The molecule has 1 aromatic rings. The van der Waals surface area contributed by atoms with E-state index < -0.39 is 0 Å². The number of amides is 1. The van der Waals surface area contributed by atoms with E-state index in [1.165, 1.54) is 19.3 Å². The SMILES string of the molecule is O=C(CNc1ccc(Br)c(Cl)c1)NC1CCCCC1. The molecule has 0 bridgehead atoms. The Balaban J connectivity index is 1.77. The molecule has 0 atom stereocenters. The number of benzene rings is 1. The third kappa shape index (κ3) is 4.69. The van der Waals surface area contributed by atoms with E-state index in [1.807, 2.05) is 12.1 Å². The van der Waals surface area contributed by atoms with Crippen LogP contribution in [0.3, 0.4) is 0 Å². The summed E-state index contributed by atoms with van der Waals surface area (Å²) in [4.78, 5) is 11.8. The summed E-state index contributed by atoms with van der Waals surface area (Å²) in [6.45, 7) is 0.286. The molecular formula is C14H18BrClN2O. The number of nitrogens with one attached hydrogen (secondary N) is 2. The fourth-order valence-corrected chi connectivity index (χ4v) is 2.74. The molecule has 2 rings (SSSR count). The monoisotopic (exact) mass is 344 g/mol. The van der Waals surface area contributed by atoms with E-state index in [0.717, 1.165) is 23.0 Å². The third-order valence-corrected chi connectivity index (χ3v) is 4.58. The maximum absolute atomic E-state index is 11.8. The predicted molar refractivity (Wildman–Crippen MR) is 82.7 cm³/mol. The Morgan fingerprint density at radius 2 is 2.05 bits per heavy atom. The second-order valence-corrected chi connectivity index (χ2v) is 6.15. The molecule has 0 spiro atoms. The minimum Gasteiger partial charge on any atom is -0.376 e. The van der Waals surface area contributed by atoms with Crippen molar-refractivity contribution in [1.82, 2.24) is 5.32 Å². The van der Waals surface area contributed by atoms with E-state index in [-0.39, 0.29) is 12.5 Å². The molecule has 1 fully saturated rings. The Kier molecular flexibility index (Phi) is 5.52. The predicted octanol–water partition coefficient (Wildman–Crippen LogP) is 3.96. The fraction of sp³-hybridized carbons (Fsp3) is 0.500. The zero-order valence-electron chi connectivity index (χ0n) is 10.7. The summed E-state index contributed by atoms with van der Waals surface area (Å²) in [5.74, 6) is 0.0472. The molecule has 19 heavy (non-hydrogen) atoms. The van der Waals surface area contributed by atoms with Crippen molar-refractivity contribution in [3.8, 4) is 0 Å². The van der Waals surface area contributed by atoms with Crippen LogP contribution in [-0.2, 0) is 4.79 Å². The lowest BCUT2D eigenvalue weighted by atomic mass is 9.95. The fourth-order valence-electron chi connectivity index (χ4n) is 2.31. The Morgan fingerprint density at radius 3 is 2.74 bits per heavy atom. The first-order valence-electron chi connectivity index (χ1n) is 6.63. The molecule has 0 unspecified atom stereocenters. The Bertz CT molecular complexity index is 447. The standard InChI is InChI=1S/C14H18BrClN2O/c15-12-7-6-11(8-13(12)16)17-9-14(19)18-10-4-2-1-3-5-10/h6-8,10,17H,1-5,9H2,(H,18,19). The van der Waals surface area contributed by atoms with E-state index in [2.05, 4.69) is 26.6 Å². The van der Waals surface area contributed by atoms with Gasteiger partial charge in [0.2, 0.25) is 5.91 Å². The molecular weight excluding hydrogens is 328 g/mol. The first-order valence-corrected chi connectivity index (χ1v) is 7.80. The Labute approximate surface area is 127 Å². The lowest BCUT2D eigenvalue weighted by Gasteiger charge is -2.22. The first-order chi connectivity index (χ1) is 9.15. The molecule has 0 aromatic heterocycles. The Morgan fingerprint density at radius 1 is 1.32 bits per heavy atom. The van der Waals surface area contributed by atoms with Crippen LogP contribution in [0.15, 0.2) is 22.7 Å². The maximum Gasteiger partial charge on any atom is 0.239 e. The van der Waals surface area contributed by atoms with Gasteiger partial charge in [-0.3, -0.25) is 4.79 Å². The van der Waals surface area contributed by atoms with Crippen molar-refractivity contribution in [1.29, 1.82) is 0 Å². The van der Waals surface area contributed by atoms with Crippen molar-refractivity contribution in [3.05, 3.63) is 27.7 Å². The summed E-state index contributed by atoms with van der Waals surface area (Å²) in [7, 11) is 0. The number of carbonyl (C=O) groups excluding carboxylic acids is 1. The maximum atomic E-state index is 11.8. The van der Waals surface area contributed by atoms with Gasteiger partial charge in [-0.2, -0.15) is 0 Å². The number of carbonyl (C=O) groups is 1. The van der Waals surface area contributed by atoms with Crippen molar-refractivity contribution in [2.45, 2.75) is 38.1 Å². The number of anilines is 1. The first kappa shape index (κ1) is 14.7. The summed E-state index contributed by atoms with van der Waals surface area (Å²) in [5, 5.41) is 6.79. The number of rotatable bonds is 4. The zero-order chi connectivity index (χ0) is 13.7. The number of hydrogen-bond acceptors (Lipinski definition) is 2. The van der Waals surface area contributed by atoms with Crippen LogP contribution in [-0.4, -0.2) is 18.5 Å². The van der Waals surface area contributed by atoms with Crippen LogP contribution in [0.5, 0.6) is 0 Å². The van der Waals surface area contributed by atoms with Gasteiger partial charge in [-0.15, -0.1) is 0 Å². The van der Waals surface area contributed by atoms with Crippen LogP contribution < -0.4 is 10.6 Å². The highest BCUT2D eigenvalue weighted by atomic mass is 79.9. The average Bonchev–Trinajstić information content (AvgIpc) is 2.41. The van der Waals surface area contributed by atoms with Crippen LogP contribution >= 0.6 is 27.5 Å². The highest BCUT2D eigenvalue weighted by Gasteiger charge is 2.15. The van der Waals surface area contributed by atoms with Crippen molar-refractivity contribution < 1.29 is 4.79 Å². The molecule has 1 aromatic carbocycles. The third-order valence-electron chi connectivity index (χ3n) is 3.34. The lowest BCUT2D eigenvalue weighted by molar-refractivity contribution is -0.120. The van der Waals surface area contributed by atoms with Crippen LogP contribution in [0.1, 0.15) is 32.1 Å². The quantitative estimate of drug-likeness (QED) is 0.867. The minimum absolute atomic E-state index is 0.0472. The highest BCUT2D eigenvalue weighted by molar-refractivity contribution is 9.10. The normalized spacial score (nSPS) is 16.1. The van der Waals surface area contributed by atoms with Crippen molar-refractivity contribution in [2.24, 2.45) is 0 Å². The second kappa shape index (κ2) is 7.15. The molecule has 1 aliphatic rings. The molecule has 0 saturated heterocycles. The van der Waals surface area contributed by atoms with E-state index in [4.69, 9.17) is 11.6 Å².